The van der Waals surface area contributed by atoms with Crippen LogP contribution in [0.15, 0.2) is 65.8 Å². The van der Waals surface area contributed by atoms with Gasteiger partial charge in [-0.3, -0.25) is 4.79 Å². The minimum absolute atomic E-state index is 0.209. The van der Waals surface area contributed by atoms with Gasteiger partial charge >= 0.3 is 0 Å². The third-order valence-corrected chi connectivity index (χ3v) is 4.94. The van der Waals surface area contributed by atoms with Crippen LogP contribution in [0.5, 0.6) is 11.5 Å². The van der Waals surface area contributed by atoms with Gasteiger partial charge in [-0.2, -0.15) is 5.26 Å². The molecule has 0 N–H and O–H groups in total. The molecule has 0 amide bonds. The molecule has 1 aliphatic carbocycles. The minimum Gasteiger partial charge on any atom is -0.454 e. The first-order valence-electron chi connectivity index (χ1n) is 8.82. The maximum atomic E-state index is 12.7. The van der Waals surface area contributed by atoms with Crippen molar-refractivity contribution in [1.29, 1.82) is 5.26 Å². The Balaban J connectivity index is 1.61. The number of carbonyl (C=O) groups excluding carboxylic acids is 1. The number of ketones is 1. The first-order chi connectivity index (χ1) is 13.2. The highest BCUT2D eigenvalue weighted by atomic mass is 16.7. The molecule has 0 saturated heterocycles. The molecule has 1 radical (unpaired) electrons. The van der Waals surface area contributed by atoms with Crippen molar-refractivity contribution in [2.45, 2.75) is 12.8 Å². The lowest BCUT2D eigenvalue weighted by Gasteiger charge is -2.21. The maximum Gasteiger partial charge on any atom is 0.231 e. The fraction of sp³-hybridized carbons (Fsp3) is 0.174. The number of benzene rings is 2. The molecule has 2 aromatic rings. The smallest absolute Gasteiger partial charge is 0.231 e. The molecular formula is C23H18NO3. The van der Waals surface area contributed by atoms with Gasteiger partial charge < -0.3 is 9.47 Å². The van der Waals surface area contributed by atoms with Crippen molar-refractivity contribution in [3.05, 3.63) is 83.8 Å². The van der Waals surface area contributed by atoms with Crippen LogP contribution >= 0.6 is 0 Å². The van der Waals surface area contributed by atoms with Gasteiger partial charge in [-0.25, -0.2) is 0 Å². The lowest BCUT2D eigenvalue weighted by molar-refractivity contribution is -0.116. The average Bonchev–Trinajstić information content (AvgIpc) is 3.17. The monoisotopic (exact) mass is 356 g/mol. The second-order valence-corrected chi connectivity index (χ2v) is 6.58. The summed E-state index contributed by atoms with van der Waals surface area (Å²) in [5, 5.41) is 9.51. The second-order valence-electron chi connectivity index (χ2n) is 6.58. The quantitative estimate of drug-likeness (QED) is 0.820. The summed E-state index contributed by atoms with van der Waals surface area (Å²) in [6.45, 7) is 4.20. The zero-order valence-electron chi connectivity index (χ0n) is 14.8. The van der Waals surface area contributed by atoms with Crippen molar-refractivity contribution in [3.63, 3.8) is 0 Å². The summed E-state index contributed by atoms with van der Waals surface area (Å²) in [5.41, 5.74) is 4.05. The second kappa shape index (κ2) is 7.13. The summed E-state index contributed by atoms with van der Waals surface area (Å²) in [6.07, 6.45) is 3.37. The molecule has 27 heavy (non-hydrogen) atoms. The number of hydrogen-bond acceptors (Lipinski definition) is 4. The number of allylic oxidation sites excluding steroid dienone is 4. The molecule has 133 valence electrons. The van der Waals surface area contributed by atoms with Gasteiger partial charge in [-0.05, 0) is 54.2 Å². The van der Waals surface area contributed by atoms with Crippen LogP contribution in [0.25, 0.3) is 5.57 Å². The Morgan fingerprint density at radius 1 is 1.07 bits per heavy atom. The third kappa shape index (κ3) is 3.24. The molecule has 0 spiro atoms. The summed E-state index contributed by atoms with van der Waals surface area (Å²) < 4.78 is 10.8. The van der Waals surface area contributed by atoms with Crippen LogP contribution in [-0.4, -0.2) is 12.6 Å². The van der Waals surface area contributed by atoms with Gasteiger partial charge in [0.15, 0.2) is 17.3 Å². The van der Waals surface area contributed by atoms with E-state index in [1.807, 2.05) is 54.6 Å². The van der Waals surface area contributed by atoms with E-state index in [4.69, 9.17) is 9.47 Å². The molecule has 1 heterocycles. The first kappa shape index (κ1) is 17.1. The molecule has 4 nitrogen and oxygen atoms in total. The number of Topliss-reactive ketones (excluding diaryl/α,β-unsaturated/α-hetero) is 1. The number of ether oxygens (including phenoxy) is 2. The summed E-state index contributed by atoms with van der Waals surface area (Å²) in [7, 11) is 0. The number of aryl methyl sites for hydroxylation is 1. The maximum absolute atomic E-state index is 12.7. The molecular weight excluding hydrogens is 338 g/mol. The van der Waals surface area contributed by atoms with Crippen molar-refractivity contribution in [2.75, 3.05) is 6.79 Å². The normalized spacial score (nSPS) is 18.3. The number of hydrogen-bond donors (Lipinski definition) is 0. The number of rotatable bonds is 4. The zero-order valence-corrected chi connectivity index (χ0v) is 14.8. The lowest BCUT2D eigenvalue weighted by Crippen LogP contribution is -2.21. The Kier molecular flexibility index (Phi) is 4.52. The number of nitrogens with zero attached hydrogens (tertiary/aromatic N) is 1. The Morgan fingerprint density at radius 3 is 2.63 bits per heavy atom. The number of nitriles is 1. The zero-order chi connectivity index (χ0) is 18.8. The van der Waals surface area contributed by atoms with Gasteiger partial charge in [0.25, 0.3) is 0 Å². The van der Waals surface area contributed by atoms with Crippen LogP contribution in [0.4, 0.5) is 0 Å². The van der Waals surface area contributed by atoms with Crippen LogP contribution in [0, 0.1) is 24.2 Å². The molecule has 1 aliphatic heterocycles. The highest BCUT2D eigenvalue weighted by Crippen LogP contribution is 2.36. The van der Waals surface area contributed by atoms with Gasteiger partial charge in [0.2, 0.25) is 6.79 Å². The van der Waals surface area contributed by atoms with Crippen LogP contribution in [0.2, 0.25) is 0 Å². The van der Waals surface area contributed by atoms with Crippen molar-refractivity contribution < 1.29 is 14.3 Å². The molecule has 0 aromatic heterocycles. The standard InChI is InChI=1S/C23H18NO3/c1-15-18(9-7-16-8-10-21-22(11-16)27-14-26-21)12-19(20(13-24)23(15)25)17-5-3-2-4-6-17/h2-6,8,10-12,20H,1,7,9,14H2. The minimum atomic E-state index is -0.797. The fourth-order valence-electron chi connectivity index (χ4n) is 3.44. The molecule has 4 rings (SSSR count). The average molecular weight is 356 g/mol. The van der Waals surface area contributed by atoms with Crippen LogP contribution in [0.3, 0.4) is 0 Å². The topological polar surface area (TPSA) is 59.3 Å². The molecule has 0 saturated carbocycles. The SMILES string of the molecule is [CH2]C1=C(CCc2ccc3c(c2)OCO3)C=C(c2ccccc2)C(C#N)C1=O. The summed E-state index contributed by atoms with van der Waals surface area (Å²) in [5.74, 6) is 0.501. The number of fused-ring (bicyclic) bond motifs is 1. The summed E-state index contributed by atoms with van der Waals surface area (Å²) in [4.78, 5) is 12.7. The largest absolute Gasteiger partial charge is 0.454 e. The molecule has 0 fully saturated rings. The van der Waals surface area contributed by atoms with Crippen molar-refractivity contribution in [3.8, 4) is 17.6 Å². The highest BCUT2D eigenvalue weighted by molar-refractivity contribution is 6.10. The fourth-order valence-corrected chi connectivity index (χ4v) is 3.44. The Hall–Kier alpha value is -3.32. The van der Waals surface area contributed by atoms with E-state index in [1.165, 1.54) is 0 Å². The lowest BCUT2D eigenvalue weighted by atomic mass is 9.79. The van der Waals surface area contributed by atoms with Gasteiger partial charge in [0.1, 0.15) is 5.92 Å². The van der Waals surface area contributed by atoms with Gasteiger partial charge in [0.05, 0.1) is 6.07 Å². The summed E-state index contributed by atoms with van der Waals surface area (Å²) in [6, 6.07) is 17.6. The third-order valence-electron chi connectivity index (χ3n) is 4.94. The molecule has 2 aromatic carbocycles. The van der Waals surface area contributed by atoms with Gasteiger partial charge in [-0.15, -0.1) is 0 Å². The molecule has 0 bridgehead atoms. The van der Waals surface area contributed by atoms with Crippen molar-refractivity contribution >= 4 is 11.4 Å². The van der Waals surface area contributed by atoms with Crippen LogP contribution < -0.4 is 9.47 Å². The Morgan fingerprint density at radius 2 is 1.85 bits per heavy atom. The van der Waals surface area contributed by atoms with E-state index in [0.717, 1.165) is 40.2 Å². The van der Waals surface area contributed by atoms with Crippen LogP contribution in [-0.2, 0) is 11.2 Å². The van der Waals surface area contributed by atoms with E-state index >= 15 is 0 Å². The van der Waals surface area contributed by atoms with E-state index in [9.17, 15) is 10.1 Å². The van der Waals surface area contributed by atoms with Crippen molar-refractivity contribution in [2.24, 2.45) is 5.92 Å². The van der Waals surface area contributed by atoms with Crippen molar-refractivity contribution in [1.82, 2.24) is 0 Å². The van der Waals surface area contributed by atoms with Gasteiger partial charge in [0, 0.05) is 5.57 Å². The van der Waals surface area contributed by atoms with Crippen LogP contribution in [0.1, 0.15) is 17.5 Å². The van der Waals surface area contributed by atoms with E-state index in [2.05, 4.69) is 13.0 Å². The Labute approximate surface area is 158 Å². The van der Waals surface area contributed by atoms with E-state index in [0.29, 0.717) is 12.0 Å². The highest BCUT2D eigenvalue weighted by Gasteiger charge is 2.30. The molecule has 1 atom stereocenters. The molecule has 4 heteroatoms. The van der Waals surface area contributed by atoms with E-state index < -0.39 is 5.92 Å². The summed E-state index contributed by atoms with van der Waals surface area (Å²) >= 11 is 0. The predicted molar refractivity (Wildman–Crippen MR) is 102 cm³/mol. The molecule has 2 aliphatic rings. The first-order valence-corrected chi connectivity index (χ1v) is 8.82. The van der Waals surface area contributed by atoms with E-state index in [-0.39, 0.29) is 12.6 Å². The Bertz CT molecular complexity index is 996. The molecule has 1 unspecified atom stereocenters. The number of carbonyl (C=O) groups is 1. The van der Waals surface area contributed by atoms with Gasteiger partial charge in [-0.1, -0.05) is 42.5 Å². The predicted octanol–water partition coefficient (Wildman–Crippen LogP) is 4.28. The van der Waals surface area contributed by atoms with E-state index in [1.54, 1.807) is 0 Å².